The number of carbonyl (C=O) groups is 1. The highest BCUT2D eigenvalue weighted by molar-refractivity contribution is 5.92. The molecule has 1 aromatic heterocycles. The van der Waals surface area contributed by atoms with E-state index in [0.717, 1.165) is 17.1 Å². The molecule has 6 nitrogen and oxygen atoms in total. The van der Waals surface area contributed by atoms with E-state index >= 15 is 0 Å². The standard InChI is InChI=1S/C15H21N5O/c1-15(2,3)16-9-13(21)18-12-7-5-11(6-8-12)14-19-17-10-20(14)4/h5-8,10,16H,9H2,1-4H3,(H,18,21). The van der Waals surface area contributed by atoms with Crippen LogP contribution in [0.5, 0.6) is 0 Å². The van der Waals surface area contributed by atoms with E-state index in [2.05, 4.69) is 20.8 Å². The first-order chi connectivity index (χ1) is 9.85. The summed E-state index contributed by atoms with van der Waals surface area (Å²) in [5.74, 6) is 0.735. The van der Waals surface area contributed by atoms with Gasteiger partial charge in [0.25, 0.3) is 0 Å². The molecule has 0 bridgehead atoms. The molecule has 0 saturated heterocycles. The third-order valence-corrected chi connectivity index (χ3v) is 2.92. The Morgan fingerprint density at radius 1 is 1.24 bits per heavy atom. The highest BCUT2D eigenvalue weighted by Crippen LogP contribution is 2.18. The largest absolute Gasteiger partial charge is 0.325 e. The van der Waals surface area contributed by atoms with Gasteiger partial charge in [-0.3, -0.25) is 4.79 Å². The summed E-state index contributed by atoms with van der Waals surface area (Å²) in [6.45, 7) is 6.36. The molecule has 0 spiro atoms. The third kappa shape index (κ3) is 4.39. The summed E-state index contributed by atoms with van der Waals surface area (Å²) in [5.41, 5.74) is 1.65. The van der Waals surface area contributed by atoms with Crippen molar-refractivity contribution in [1.29, 1.82) is 0 Å². The van der Waals surface area contributed by atoms with Gasteiger partial charge in [0.1, 0.15) is 6.33 Å². The molecule has 0 fully saturated rings. The van der Waals surface area contributed by atoms with E-state index in [1.54, 1.807) is 6.33 Å². The van der Waals surface area contributed by atoms with Gasteiger partial charge in [0.05, 0.1) is 6.54 Å². The van der Waals surface area contributed by atoms with E-state index in [9.17, 15) is 4.79 Å². The lowest BCUT2D eigenvalue weighted by Crippen LogP contribution is -2.41. The van der Waals surface area contributed by atoms with Crippen LogP contribution in [0.1, 0.15) is 20.8 Å². The van der Waals surface area contributed by atoms with Crippen LogP contribution in [-0.4, -0.2) is 32.8 Å². The Morgan fingerprint density at radius 2 is 1.90 bits per heavy atom. The maximum absolute atomic E-state index is 11.8. The lowest BCUT2D eigenvalue weighted by molar-refractivity contribution is -0.115. The lowest BCUT2D eigenvalue weighted by Gasteiger charge is -2.20. The fourth-order valence-corrected chi connectivity index (χ4v) is 1.80. The number of carbonyl (C=O) groups excluding carboxylic acids is 1. The summed E-state index contributed by atoms with van der Waals surface area (Å²) in [4.78, 5) is 11.8. The van der Waals surface area contributed by atoms with E-state index in [1.165, 1.54) is 0 Å². The van der Waals surface area contributed by atoms with E-state index < -0.39 is 0 Å². The van der Waals surface area contributed by atoms with Gasteiger partial charge in [0, 0.05) is 23.8 Å². The molecule has 1 amide bonds. The van der Waals surface area contributed by atoms with E-state index in [4.69, 9.17) is 0 Å². The number of aromatic nitrogens is 3. The molecule has 2 aromatic rings. The van der Waals surface area contributed by atoms with Gasteiger partial charge in [0.15, 0.2) is 5.82 Å². The minimum absolute atomic E-state index is 0.0590. The van der Waals surface area contributed by atoms with Gasteiger partial charge in [-0.2, -0.15) is 0 Å². The first-order valence-corrected chi connectivity index (χ1v) is 6.84. The molecule has 0 aliphatic rings. The molecule has 0 unspecified atom stereocenters. The number of nitrogens with one attached hydrogen (secondary N) is 2. The van der Waals surface area contributed by atoms with Gasteiger partial charge in [-0.25, -0.2) is 0 Å². The summed E-state index contributed by atoms with van der Waals surface area (Å²) in [6.07, 6.45) is 1.66. The highest BCUT2D eigenvalue weighted by Gasteiger charge is 2.11. The molecule has 2 rings (SSSR count). The van der Waals surface area contributed by atoms with Crippen LogP contribution in [0, 0.1) is 0 Å². The number of benzene rings is 1. The topological polar surface area (TPSA) is 71.8 Å². The predicted molar refractivity (Wildman–Crippen MR) is 82.8 cm³/mol. The molecule has 1 aromatic carbocycles. The van der Waals surface area contributed by atoms with Crippen LogP contribution in [0.2, 0.25) is 0 Å². The quantitative estimate of drug-likeness (QED) is 0.899. The molecular formula is C15H21N5O. The number of anilines is 1. The van der Waals surface area contributed by atoms with E-state index in [0.29, 0.717) is 0 Å². The molecule has 0 radical (unpaired) electrons. The van der Waals surface area contributed by atoms with Crippen molar-refractivity contribution in [3.63, 3.8) is 0 Å². The number of nitrogens with zero attached hydrogens (tertiary/aromatic N) is 3. The maximum Gasteiger partial charge on any atom is 0.238 e. The van der Waals surface area contributed by atoms with E-state index in [1.807, 2.05) is 56.7 Å². The minimum Gasteiger partial charge on any atom is -0.325 e. The van der Waals surface area contributed by atoms with Crippen molar-refractivity contribution in [2.24, 2.45) is 7.05 Å². The summed E-state index contributed by atoms with van der Waals surface area (Å²) >= 11 is 0. The van der Waals surface area contributed by atoms with Crippen molar-refractivity contribution in [1.82, 2.24) is 20.1 Å². The van der Waals surface area contributed by atoms with Crippen molar-refractivity contribution >= 4 is 11.6 Å². The smallest absolute Gasteiger partial charge is 0.238 e. The van der Waals surface area contributed by atoms with Crippen LogP contribution >= 0.6 is 0 Å². The molecule has 2 N–H and O–H groups in total. The van der Waals surface area contributed by atoms with Gasteiger partial charge in [-0.1, -0.05) is 0 Å². The van der Waals surface area contributed by atoms with Crippen molar-refractivity contribution in [3.05, 3.63) is 30.6 Å². The van der Waals surface area contributed by atoms with E-state index in [-0.39, 0.29) is 18.0 Å². The second-order valence-electron chi connectivity index (χ2n) is 5.99. The molecule has 6 heteroatoms. The zero-order valence-electron chi connectivity index (χ0n) is 12.8. The summed E-state index contributed by atoms with van der Waals surface area (Å²) in [6, 6.07) is 7.55. The zero-order valence-corrected chi connectivity index (χ0v) is 12.8. The second-order valence-corrected chi connectivity index (χ2v) is 5.99. The molecule has 1 heterocycles. The molecular weight excluding hydrogens is 266 g/mol. The number of hydrogen-bond acceptors (Lipinski definition) is 4. The van der Waals surface area contributed by atoms with Crippen LogP contribution in [0.3, 0.4) is 0 Å². The molecule has 0 atom stereocenters. The summed E-state index contributed by atoms with van der Waals surface area (Å²) < 4.78 is 1.85. The van der Waals surface area contributed by atoms with Gasteiger partial charge in [-0.05, 0) is 45.0 Å². The second kappa shape index (κ2) is 6.05. The summed E-state index contributed by atoms with van der Waals surface area (Å²) in [5, 5.41) is 13.9. The number of amides is 1. The first-order valence-electron chi connectivity index (χ1n) is 6.84. The van der Waals surface area contributed by atoms with Crippen LogP contribution in [0.4, 0.5) is 5.69 Å². The normalized spacial score (nSPS) is 11.4. The van der Waals surface area contributed by atoms with Crippen LogP contribution in [0.25, 0.3) is 11.4 Å². The van der Waals surface area contributed by atoms with Gasteiger partial charge < -0.3 is 15.2 Å². The fraction of sp³-hybridized carbons (Fsp3) is 0.400. The highest BCUT2D eigenvalue weighted by atomic mass is 16.1. The van der Waals surface area contributed by atoms with Crippen LogP contribution in [0.15, 0.2) is 30.6 Å². The number of rotatable bonds is 4. The SMILES string of the molecule is Cn1cnnc1-c1ccc(NC(=O)CNC(C)(C)C)cc1. The predicted octanol–water partition coefficient (Wildman–Crippen LogP) is 1.81. The van der Waals surface area contributed by atoms with Crippen molar-refractivity contribution in [2.75, 3.05) is 11.9 Å². The minimum atomic E-state index is -0.0770. The molecule has 0 aliphatic carbocycles. The van der Waals surface area contributed by atoms with Crippen molar-refractivity contribution in [3.8, 4) is 11.4 Å². The zero-order chi connectivity index (χ0) is 15.5. The van der Waals surface area contributed by atoms with Crippen molar-refractivity contribution in [2.45, 2.75) is 26.3 Å². The fourth-order valence-electron chi connectivity index (χ4n) is 1.80. The van der Waals surface area contributed by atoms with Crippen LogP contribution in [-0.2, 0) is 11.8 Å². The molecule has 21 heavy (non-hydrogen) atoms. The summed E-state index contributed by atoms with van der Waals surface area (Å²) in [7, 11) is 1.89. The average molecular weight is 287 g/mol. The Kier molecular flexibility index (Phi) is 4.37. The Bertz CT molecular complexity index is 610. The van der Waals surface area contributed by atoms with Crippen LogP contribution < -0.4 is 10.6 Å². The van der Waals surface area contributed by atoms with Gasteiger partial charge in [0.2, 0.25) is 5.91 Å². The number of hydrogen-bond donors (Lipinski definition) is 2. The first kappa shape index (κ1) is 15.2. The Labute approximate surface area is 124 Å². The van der Waals surface area contributed by atoms with Gasteiger partial charge in [-0.15, -0.1) is 10.2 Å². The number of aryl methyl sites for hydroxylation is 1. The lowest BCUT2D eigenvalue weighted by atomic mass is 10.1. The molecule has 112 valence electrons. The third-order valence-electron chi connectivity index (χ3n) is 2.92. The maximum atomic E-state index is 11.8. The Morgan fingerprint density at radius 3 is 2.43 bits per heavy atom. The Balaban J connectivity index is 1.97. The molecule has 0 aliphatic heterocycles. The van der Waals surface area contributed by atoms with Crippen molar-refractivity contribution < 1.29 is 4.79 Å². The average Bonchev–Trinajstić information content (AvgIpc) is 2.83. The monoisotopic (exact) mass is 287 g/mol. The molecule has 0 saturated carbocycles. The van der Waals surface area contributed by atoms with Gasteiger partial charge >= 0.3 is 0 Å². The Hall–Kier alpha value is -2.21.